The van der Waals surface area contributed by atoms with Crippen LogP contribution in [0.5, 0.6) is 5.88 Å². The van der Waals surface area contributed by atoms with E-state index in [1.165, 1.54) is 0 Å². The highest BCUT2D eigenvalue weighted by Crippen LogP contribution is 2.15. The van der Waals surface area contributed by atoms with Gasteiger partial charge in [0.1, 0.15) is 0 Å². The van der Waals surface area contributed by atoms with Gasteiger partial charge in [0, 0.05) is 10.7 Å². The van der Waals surface area contributed by atoms with Gasteiger partial charge < -0.3 is 4.74 Å². The first kappa shape index (κ1) is 14.1. The van der Waals surface area contributed by atoms with E-state index < -0.39 is 11.5 Å². The van der Waals surface area contributed by atoms with Gasteiger partial charge in [0.15, 0.2) is 0 Å². The average molecular weight is 316 g/mol. The number of anilines is 1. The third-order valence-electron chi connectivity index (χ3n) is 2.90. The van der Waals surface area contributed by atoms with Crippen molar-refractivity contribution in [2.45, 2.75) is 0 Å². The van der Waals surface area contributed by atoms with Crippen molar-refractivity contribution in [1.29, 1.82) is 0 Å². The molecule has 0 spiro atoms. The van der Waals surface area contributed by atoms with Crippen LogP contribution < -0.4 is 15.5 Å². The molecule has 0 saturated carbocycles. The second-order valence-corrected chi connectivity index (χ2v) is 4.86. The summed E-state index contributed by atoms with van der Waals surface area (Å²) < 4.78 is 4.95. The topological polar surface area (TPSA) is 84.1 Å². The smallest absolute Gasteiger partial charge is 0.385 e. The van der Waals surface area contributed by atoms with Crippen LogP contribution in [-0.4, -0.2) is 16.3 Å². The van der Waals surface area contributed by atoms with Gasteiger partial charge in [0.2, 0.25) is 0 Å². The molecule has 7 heteroatoms. The van der Waals surface area contributed by atoms with E-state index in [-0.39, 0.29) is 5.88 Å². The van der Waals surface area contributed by atoms with Gasteiger partial charge in [-0.1, -0.05) is 29.8 Å². The molecule has 1 aromatic heterocycles. The minimum Gasteiger partial charge on any atom is -0.385 e. The Hall–Kier alpha value is -2.86. The molecule has 1 heterocycles. The van der Waals surface area contributed by atoms with Crippen LogP contribution in [0.4, 0.5) is 10.5 Å². The van der Waals surface area contributed by atoms with Crippen LogP contribution in [0.25, 0.3) is 10.9 Å². The Morgan fingerprint density at radius 1 is 1.18 bits per heavy atom. The molecule has 22 heavy (non-hydrogen) atoms. The molecule has 6 nitrogen and oxygen atoms in total. The summed E-state index contributed by atoms with van der Waals surface area (Å²) in [5, 5.41) is 9.75. The quantitative estimate of drug-likeness (QED) is 0.760. The van der Waals surface area contributed by atoms with E-state index in [9.17, 15) is 9.59 Å². The number of carbonyl (C=O) groups is 1. The van der Waals surface area contributed by atoms with E-state index >= 15 is 0 Å². The molecule has 110 valence electrons. The number of nitrogens with one attached hydrogen (secondary N) is 2. The maximum absolute atomic E-state index is 12.2. The number of aromatic amines is 1. The zero-order chi connectivity index (χ0) is 15.5. The number of rotatable bonds is 2. The number of halogens is 1. The second kappa shape index (κ2) is 5.87. The predicted octanol–water partition coefficient (Wildman–Crippen LogP) is 3.19. The molecule has 3 rings (SSSR count). The van der Waals surface area contributed by atoms with Crippen molar-refractivity contribution >= 4 is 34.3 Å². The van der Waals surface area contributed by atoms with Crippen molar-refractivity contribution in [3.05, 3.63) is 63.8 Å². The Kier molecular flexibility index (Phi) is 3.76. The third-order valence-corrected chi connectivity index (χ3v) is 3.14. The number of para-hydroxylation sites is 1. The van der Waals surface area contributed by atoms with Crippen LogP contribution in [0.3, 0.4) is 0 Å². The Morgan fingerprint density at radius 2 is 2.00 bits per heavy atom. The maximum atomic E-state index is 12.2. The standard InChI is InChI=1S/C15H10ClN3O3/c16-9-4-3-5-10(8-9)17-15(21)22-14-13(20)11-6-1-2-7-12(11)18-19-14/h1-8H,(H,17,21)(H,18,20). The highest BCUT2D eigenvalue weighted by Gasteiger charge is 2.12. The number of carbonyl (C=O) groups excluding carboxylic acids is 1. The van der Waals surface area contributed by atoms with Gasteiger partial charge >= 0.3 is 6.09 Å². The number of ether oxygens (including phenoxy) is 1. The molecule has 3 aromatic rings. The van der Waals surface area contributed by atoms with Crippen LogP contribution in [0, 0.1) is 0 Å². The maximum Gasteiger partial charge on any atom is 0.418 e. The molecular weight excluding hydrogens is 306 g/mol. The van der Waals surface area contributed by atoms with Crippen LogP contribution in [0.2, 0.25) is 5.02 Å². The Morgan fingerprint density at radius 3 is 2.82 bits per heavy atom. The molecule has 0 aliphatic heterocycles. The highest BCUT2D eigenvalue weighted by molar-refractivity contribution is 6.30. The van der Waals surface area contributed by atoms with Gasteiger partial charge in [-0.3, -0.25) is 15.2 Å². The minimum absolute atomic E-state index is 0.321. The SMILES string of the molecule is O=C(Nc1cccc(Cl)c1)Oc1n[nH]c2ccccc2c1=O. The second-order valence-electron chi connectivity index (χ2n) is 4.43. The summed E-state index contributed by atoms with van der Waals surface area (Å²) in [5.74, 6) is -0.321. The molecule has 1 amide bonds. The zero-order valence-corrected chi connectivity index (χ0v) is 11.9. The first-order valence-corrected chi connectivity index (χ1v) is 6.73. The van der Waals surface area contributed by atoms with E-state index in [1.54, 1.807) is 48.5 Å². The van der Waals surface area contributed by atoms with E-state index in [0.717, 1.165) is 0 Å². The Balaban J connectivity index is 1.82. The van der Waals surface area contributed by atoms with Crippen LogP contribution in [0.15, 0.2) is 53.3 Å². The molecular formula is C15H10ClN3O3. The summed E-state index contributed by atoms with van der Waals surface area (Å²) in [7, 11) is 0. The van der Waals surface area contributed by atoms with E-state index in [0.29, 0.717) is 21.6 Å². The van der Waals surface area contributed by atoms with Crippen molar-refractivity contribution in [3.8, 4) is 5.88 Å². The lowest BCUT2D eigenvalue weighted by molar-refractivity contribution is 0.212. The molecule has 0 aliphatic rings. The normalized spacial score (nSPS) is 10.4. The number of aromatic nitrogens is 2. The van der Waals surface area contributed by atoms with Crippen molar-refractivity contribution in [1.82, 2.24) is 10.2 Å². The largest absolute Gasteiger partial charge is 0.418 e. The summed E-state index contributed by atoms with van der Waals surface area (Å²) in [6, 6.07) is 13.4. The Bertz CT molecular complexity index is 908. The van der Waals surface area contributed by atoms with Gasteiger partial charge in [-0.2, -0.15) is 0 Å². The van der Waals surface area contributed by atoms with Crippen LogP contribution in [0.1, 0.15) is 0 Å². The number of H-pyrrole nitrogens is 1. The number of nitrogens with zero attached hydrogens (tertiary/aromatic N) is 1. The van der Waals surface area contributed by atoms with Gasteiger partial charge in [0.05, 0.1) is 10.9 Å². The summed E-state index contributed by atoms with van der Waals surface area (Å²) in [6.07, 6.45) is -0.824. The summed E-state index contributed by atoms with van der Waals surface area (Å²) >= 11 is 5.82. The van der Waals surface area contributed by atoms with E-state index in [1.807, 2.05) is 0 Å². The molecule has 0 bridgehead atoms. The van der Waals surface area contributed by atoms with Crippen molar-refractivity contribution in [2.75, 3.05) is 5.32 Å². The van der Waals surface area contributed by atoms with Gasteiger partial charge in [-0.15, -0.1) is 5.10 Å². The van der Waals surface area contributed by atoms with Gasteiger partial charge in [-0.25, -0.2) is 4.79 Å². The van der Waals surface area contributed by atoms with E-state index in [2.05, 4.69) is 15.5 Å². The number of amides is 1. The average Bonchev–Trinajstić information content (AvgIpc) is 2.50. The Labute approximate surface area is 129 Å². The van der Waals surface area contributed by atoms with Crippen molar-refractivity contribution in [3.63, 3.8) is 0 Å². The number of hydrogen-bond donors (Lipinski definition) is 2. The lowest BCUT2D eigenvalue weighted by Crippen LogP contribution is -2.22. The minimum atomic E-state index is -0.824. The molecule has 0 saturated heterocycles. The lowest BCUT2D eigenvalue weighted by Gasteiger charge is -2.06. The fraction of sp³-hybridized carbons (Fsp3) is 0. The highest BCUT2D eigenvalue weighted by atomic mass is 35.5. The van der Waals surface area contributed by atoms with Crippen molar-refractivity contribution in [2.24, 2.45) is 0 Å². The summed E-state index contributed by atoms with van der Waals surface area (Å²) in [5.41, 5.74) is 0.556. The van der Waals surface area contributed by atoms with Gasteiger partial charge in [0.25, 0.3) is 11.3 Å². The van der Waals surface area contributed by atoms with Crippen LogP contribution in [-0.2, 0) is 0 Å². The molecule has 0 aliphatic carbocycles. The fourth-order valence-corrected chi connectivity index (χ4v) is 2.11. The predicted molar refractivity (Wildman–Crippen MR) is 83.5 cm³/mol. The fourth-order valence-electron chi connectivity index (χ4n) is 1.92. The first-order chi connectivity index (χ1) is 10.6. The summed E-state index contributed by atoms with van der Waals surface area (Å²) in [6.45, 7) is 0. The molecule has 0 atom stereocenters. The van der Waals surface area contributed by atoms with Crippen molar-refractivity contribution < 1.29 is 9.53 Å². The zero-order valence-electron chi connectivity index (χ0n) is 11.2. The number of benzene rings is 2. The van der Waals surface area contributed by atoms with E-state index in [4.69, 9.17) is 16.3 Å². The van der Waals surface area contributed by atoms with Gasteiger partial charge in [-0.05, 0) is 30.3 Å². The molecule has 0 radical (unpaired) electrons. The van der Waals surface area contributed by atoms with Crippen LogP contribution >= 0.6 is 11.6 Å². The monoisotopic (exact) mass is 315 g/mol. The summed E-state index contributed by atoms with van der Waals surface area (Å²) in [4.78, 5) is 24.0. The molecule has 0 fully saturated rings. The lowest BCUT2D eigenvalue weighted by atomic mass is 10.2. The number of fused-ring (bicyclic) bond motifs is 1. The molecule has 2 aromatic carbocycles. The molecule has 2 N–H and O–H groups in total. The molecule has 0 unspecified atom stereocenters. The first-order valence-electron chi connectivity index (χ1n) is 6.35. The third kappa shape index (κ3) is 2.91. The number of hydrogen-bond acceptors (Lipinski definition) is 4.